The van der Waals surface area contributed by atoms with Crippen molar-refractivity contribution in [1.29, 1.82) is 0 Å². The Balaban J connectivity index is 0.000000882. The van der Waals surface area contributed by atoms with Crippen molar-refractivity contribution in [3.05, 3.63) is 35.9 Å². The van der Waals surface area contributed by atoms with Gasteiger partial charge in [0.25, 0.3) is 0 Å². The number of nitrogens with zero attached hydrogens (tertiary/aromatic N) is 1. The molecule has 0 saturated carbocycles. The third kappa shape index (κ3) is 3.46. The summed E-state index contributed by atoms with van der Waals surface area (Å²) in [6.07, 6.45) is 7.00. The van der Waals surface area contributed by atoms with E-state index in [1.165, 1.54) is 57.3 Å². The molecule has 0 amide bonds. The van der Waals surface area contributed by atoms with Gasteiger partial charge in [0.2, 0.25) is 0 Å². The minimum absolute atomic E-state index is 0. The van der Waals surface area contributed by atoms with Gasteiger partial charge in [-0.1, -0.05) is 36.8 Å². The number of halogens is 2. The molecule has 3 aliphatic heterocycles. The van der Waals surface area contributed by atoms with Crippen LogP contribution in [-0.2, 0) is 6.42 Å². The zero-order chi connectivity index (χ0) is 13.4. The molecule has 0 aliphatic carbocycles. The van der Waals surface area contributed by atoms with E-state index in [0.717, 1.165) is 23.9 Å². The van der Waals surface area contributed by atoms with E-state index in [4.69, 9.17) is 0 Å². The van der Waals surface area contributed by atoms with Gasteiger partial charge in [0.15, 0.2) is 0 Å². The van der Waals surface area contributed by atoms with Crippen molar-refractivity contribution in [3.63, 3.8) is 0 Å². The summed E-state index contributed by atoms with van der Waals surface area (Å²) >= 11 is 0. The largest absolute Gasteiger partial charge is 0.316 e. The number of nitrogens with one attached hydrogen (secondary N) is 1. The summed E-state index contributed by atoms with van der Waals surface area (Å²) in [5, 5.41) is 3.71. The second-order valence-corrected chi connectivity index (χ2v) is 6.97. The molecule has 0 radical (unpaired) electrons. The molecule has 4 heteroatoms. The van der Waals surface area contributed by atoms with Crippen LogP contribution in [0.3, 0.4) is 0 Å². The van der Waals surface area contributed by atoms with Crippen molar-refractivity contribution in [1.82, 2.24) is 10.2 Å². The number of piperidine rings is 3. The van der Waals surface area contributed by atoms with E-state index < -0.39 is 0 Å². The van der Waals surface area contributed by atoms with Gasteiger partial charge in [0.1, 0.15) is 0 Å². The van der Waals surface area contributed by atoms with E-state index in [9.17, 15) is 0 Å². The van der Waals surface area contributed by atoms with E-state index in [1.54, 1.807) is 0 Å². The van der Waals surface area contributed by atoms with Gasteiger partial charge in [-0.25, -0.2) is 0 Å². The van der Waals surface area contributed by atoms with Crippen molar-refractivity contribution >= 4 is 24.8 Å². The first-order chi connectivity index (χ1) is 9.92. The van der Waals surface area contributed by atoms with Crippen LogP contribution in [0, 0.1) is 11.8 Å². The first-order valence-corrected chi connectivity index (χ1v) is 8.42. The molecule has 124 valence electrons. The van der Waals surface area contributed by atoms with Crippen LogP contribution in [-0.4, -0.2) is 36.6 Å². The average Bonchev–Trinajstić information content (AvgIpc) is 2.53. The fraction of sp³-hybridized carbons (Fsp3) is 0.667. The van der Waals surface area contributed by atoms with Crippen molar-refractivity contribution < 1.29 is 0 Å². The lowest BCUT2D eigenvalue weighted by Gasteiger charge is -2.55. The minimum Gasteiger partial charge on any atom is -0.316 e. The Morgan fingerprint density at radius 3 is 2.59 bits per heavy atom. The van der Waals surface area contributed by atoms with Crippen LogP contribution in [0.25, 0.3) is 0 Å². The van der Waals surface area contributed by atoms with Gasteiger partial charge in [-0.2, -0.15) is 0 Å². The molecule has 0 spiro atoms. The SMILES string of the molecule is Cl.Cl.c1ccc(C[C@H]2[C@@H]3CNC[C@@H](C3)[C@@H]3CCCCN32)cc1. The Labute approximate surface area is 146 Å². The Hall–Kier alpha value is -0.280. The van der Waals surface area contributed by atoms with Crippen LogP contribution in [0.15, 0.2) is 30.3 Å². The minimum atomic E-state index is 0. The first-order valence-electron chi connectivity index (χ1n) is 8.42. The summed E-state index contributed by atoms with van der Waals surface area (Å²) in [7, 11) is 0. The summed E-state index contributed by atoms with van der Waals surface area (Å²) in [5.41, 5.74) is 1.52. The summed E-state index contributed by atoms with van der Waals surface area (Å²) in [5.74, 6) is 1.78. The monoisotopic (exact) mass is 342 g/mol. The highest BCUT2D eigenvalue weighted by Crippen LogP contribution is 2.40. The topological polar surface area (TPSA) is 15.3 Å². The lowest BCUT2D eigenvalue weighted by molar-refractivity contribution is -0.0382. The molecule has 0 aromatic heterocycles. The average molecular weight is 343 g/mol. The highest BCUT2D eigenvalue weighted by atomic mass is 35.5. The van der Waals surface area contributed by atoms with Crippen LogP contribution in [0.1, 0.15) is 31.2 Å². The van der Waals surface area contributed by atoms with Crippen LogP contribution >= 0.6 is 24.8 Å². The van der Waals surface area contributed by atoms with Crippen LogP contribution in [0.2, 0.25) is 0 Å². The van der Waals surface area contributed by atoms with Gasteiger partial charge in [0, 0.05) is 12.1 Å². The maximum atomic E-state index is 3.71. The lowest BCUT2D eigenvalue weighted by atomic mass is 9.71. The quantitative estimate of drug-likeness (QED) is 0.884. The second-order valence-electron chi connectivity index (χ2n) is 6.97. The van der Waals surface area contributed by atoms with Gasteiger partial charge in [0.05, 0.1) is 0 Å². The number of rotatable bonds is 2. The predicted octanol–water partition coefficient (Wildman–Crippen LogP) is 3.54. The Bertz CT molecular complexity index is 454. The van der Waals surface area contributed by atoms with E-state index >= 15 is 0 Å². The molecule has 3 aliphatic rings. The molecule has 4 rings (SSSR count). The van der Waals surface area contributed by atoms with Crippen molar-refractivity contribution in [3.8, 4) is 0 Å². The fourth-order valence-electron chi connectivity index (χ4n) is 4.90. The van der Waals surface area contributed by atoms with Crippen molar-refractivity contribution in [2.45, 2.75) is 44.2 Å². The molecule has 1 aromatic carbocycles. The molecular weight excluding hydrogens is 315 g/mol. The highest BCUT2D eigenvalue weighted by molar-refractivity contribution is 5.85. The zero-order valence-electron chi connectivity index (χ0n) is 13.1. The van der Waals surface area contributed by atoms with E-state index in [-0.39, 0.29) is 24.8 Å². The predicted molar refractivity (Wildman–Crippen MR) is 97.2 cm³/mol. The number of hydrogen-bond donors (Lipinski definition) is 1. The van der Waals surface area contributed by atoms with Crippen LogP contribution in [0.4, 0.5) is 0 Å². The van der Waals surface area contributed by atoms with E-state index in [2.05, 4.69) is 40.5 Å². The van der Waals surface area contributed by atoms with Crippen LogP contribution in [0.5, 0.6) is 0 Å². The standard InChI is InChI=1S/C18H26N2.2ClH/c1-2-6-14(7-3-1)10-18-16-11-15(12-19-13-16)17-8-4-5-9-20(17)18;;/h1-3,6-7,15-19H,4-5,8-13H2;2*1H/t15-,16+,17+,18+;;/m1../s1. The van der Waals surface area contributed by atoms with Gasteiger partial charge in [-0.05, 0) is 62.7 Å². The highest BCUT2D eigenvalue weighted by Gasteiger charge is 2.44. The molecular formula is C18H28Cl2N2. The van der Waals surface area contributed by atoms with E-state index in [1.807, 2.05) is 0 Å². The van der Waals surface area contributed by atoms with E-state index in [0.29, 0.717) is 0 Å². The molecule has 3 heterocycles. The summed E-state index contributed by atoms with van der Waals surface area (Å²) < 4.78 is 0. The molecule has 1 N–H and O–H groups in total. The molecule has 3 saturated heterocycles. The Kier molecular flexibility index (Phi) is 6.58. The normalized spacial score (nSPS) is 34.0. The smallest absolute Gasteiger partial charge is 0.0179 e. The first kappa shape index (κ1) is 18.1. The summed E-state index contributed by atoms with van der Waals surface area (Å²) in [6.45, 7) is 3.84. The number of benzene rings is 1. The molecule has 2 bridgehead atoms. The Morgan fingerprint density at radius 1 is 1.00 bits per heavy atom. The molecule has 4 atom stereocenters. The molecule has 22 heavy (non-hydrogen) atoms. The lowest BCUT2D eigenvalue weighted by Crippen LogP contribution is -2.63. The van der Waals surface area contributed by atoms with Crippen LogP contribution < -0.4 is 5.32 Å². The molecule has 1 aromatic rings. The zero-order valence-corrected chi connectivity index (χ0v) is 14.7. The summed E-state index contributed by atoms with van der Waals surface area (Å²) in [4.78, 5) is 2.90. The molecule has 2 nitrogen and oxygen atoms in total. The van der Waals surface area contributed by atoms with Crippen molar-refractivity contribution in [2.24, 2.45) is 11.8 Å². The third-order valence-electron chi connectivity index (χ3n) is 5.81. The van der Waals surface area contributed by atoms with Crippen molar-refractivity contribution in [2.75, 3.05) is 19.6 Å². The van der Waals surface area contributed by atoms with Gasteiger partial charge in [-0.3, -0.25) is 4.90 Å². The maximum Gasteiger partial charge on any atom is 0.0179 e. The number of hydrogen-bond acceptors (Lipinski definition) is 2. The number of fused-ring (bicyclic) bond motifs is 4. The van der Waals surface area contributed by atoms with Gasteiger partial charge < -0.3 is 5.32 Å². The second kappa shape index (κ2) is 8.01. The van der Waals surface area contributed by atoms with Gasteiger partial charge in [-0.15, -0.1) is 24.8 Å². The maximum absolute atomic E-state index is 3.71. The fourth-order valence-corrected chi connectivity index (χ4v) is 4.90. The van der Waals surface area contributed by atoms with Gasteiger partial charge >= 0.3 is 0 Å². The molecule has 3 fully saturated rings. The summed E-state index contributed by atoms with van der Waals surface area (Å²) in [6, 6.07) is 12.8. The molecule has 0 unspecified atom stereocenters. The third-order valence-corrected chi connectivity index (χ3v) is 5.81. The Morgan fingerprint density at radius 2 is 1.77 bits per heavy atom.